The highest BCUT2D eigenvalue weighted by molar-refractivity contribution is 5.17. The van der Waals surface area contributed by atoms with E-state index in [0.717, 1.165) is 17.7 Å². The van der Waals surface area contributed by atoms with Crippen LogP contribution in [0.5, 0.6) is 0 Å². The topological polar surface area (TPSA) is 45.4 Å². The molecule has 80 valence electrons. The van der Waals surface area contributed by atoms with E-state index in [1.165, 1.54) is 0 Å². The lowest BCUT2D eigenvalue weighted by Gasteiger charge is -2.19. The number of aliphatic hydroxyl groups excluding tert-OH is 1. The van der Waals surface area contributed by atoms with Gasteiger partial charge < -0.3 is 14.8 Å². The third-order valence-electron chi connectivity index (χ3n) is 2.49. The van der Waals surface area contributed by atoms with E-state index in [1.807, 2.05) is 19.9 Å². The monoisotopic (exact) mass is 197 g/mol. The second-order valence-corrected chi connectivity index (χ2v) is 3.64. The van der Waals surface area contributed by atoms with Crippen LogP contribution in [0.25, 0.3) is 0 Å². The van der Waals surface area contributed by atoms with Crippen molar-refractivity contribution >= 4 is 0 Å². The van der Waals surface area contributed by atoms with Crippen molar-refractivity contribution in [3.05, 3.63) is 23.7 Å². The molecule has 0 aliphatic rings. The van der Waals surface area contributed by atoms with E-state index >= 15 is 0 Å². The number of nitrogens with one attached hydrogen (secondary N) is 1. The largest absolute Gasteiger partial charge is 0.467 e. The van der Waals surface area contributed by atoms with Gasteiger partial charge in [0.25, 0.3) is 0 Å². The molecule has 0 saturated carbocycles. The van der Waals surface area contributed by atoms with Crippen LogP contribution in [0.1, 0.15) is 37.6 Å². The van der Waals surface area contributed by atoms with Crippen LogP contribution in [-0.4, -0.2) is 17.8 Å². The molecule has 1 unspecified atom stereocenters. The van der Waals surface area contributed by atoms with E-state index in [4.69, 9.17) is 9.52 Å². The SMILES string of the molecule is CC[C@H](CO)NC(C)c1occc1C. The van der Waals surface area contributed by atoms with Crippen molar-refractivity contribution in [1.82, 2.24) is 5.32 Å². The van der Waals surface area contributed by atoms with Gasteiger partial charge in [-0.1, -0.05) is 6.92 Å². The van der Waals surface area contributed by atoms with Crippen LogP contribution in [0.15, 0.2) is 16.7 Å². The number of hydrogen-bond donors (Lipinski definition) is 2. The molecular formula is C11H19NO2. The summed E-state index contributed by atoms with van der Waals surface area (Å²) in [5.74, 6) is 0.955. The Morgan fingerprint density at radius 3 is 2.71 bits per heavy atom. The number of aryl methyl sites for hydroxylation is 1. The summed E-state index contributed by atoms with van der Waals surface area (Å²) in [5.41, 5.74) is 1.15. The molecule has 0 bridgehead atoms. The van der Waals surface area contributed by atoms with Crippen molar-refractivity contribution in [3.63, 3.8) is 0 Å². The van der Waals surface area contributed by atoms with Gasteiger partial charge in [-0.15, -0.1) is 0 Å². The molecule has 0 amide bonds. The van der Waals surface area contributed by atoms with E-state index in [-0.39, 0.29) is 18.7 Å². The predicted octanol–water partition coefficient (Wildman–Crippen LogP) is 2.01. The van der Waals surface area contributed by atoms with Gasteiger partial charge in [-0.2, -0.15) is 0 Å². The minimum absolute atomic E-state index is 0.148. The summed E-state index contributed by atoms with van der Waals surface area (Å²) in [7, 11) is 0. The summed E-state index contributed by atoms with van der Waals surface area (Å²) in [5, 5.41) is 12.4. The molecule has 0 saturated heterocycles. The zero-order valence-electron chi connectivity index (χ0n) is 9.08. The minimum Gasteiger partial charge on any atom is -0.467 e. The van der Waals surface area contributed by atoms with Gasteiger partial charge in [0.15, 0.2) is 0 Å². The predicted molar refractivity (Wildman–Crippen MR) is 56.2 cm³/mol. The first-order chi connectivity index (χ1) is 6.69. The molecule has 1 heterocycles. The molecule has 0 aliphatic carbocycles. The highest BCUT2D eigenvalue weighted by atomic mass is 16.3. The molecule has 2 atom stereocenters. The standard InChI is InChI=1S/C11H19NO2/c1-4-10(7-13)12-9(3)11-8(2)5-6-14-11/h5-6,9-10,12-13H,4,7H2,1-3H3/t9?,10-/m1/s1. The Morgan fingerprint density at radius 2 is 2.29 bits per heavy atom. The van der Waals surface area contributed by atoms with Crippen molar-refractivity contribution in [2.24, 2.45) is 0 Å². The van der Waals surface area contributed by atoms with E-state index in [9.17, 15) is 0 Å². The Labute approximate surface area is 85.1 Å². The van der Waals surface area contributed by atoms with Gasteiger partial charge in [0.2, 0.25) is 0 Å². The summed E-state index contributed by atoms with van der Waals surface area (Å²) in [6.45, 7) is 6.29. The maximum atomic E-state index is 9.05. The summed E-state index contributed by atoms with van der Waals surface area (Å²) in [6.07, 6.45) is 2.61. The fraction of sp³-hybridized carbons (Fsp3) is 0.636. The van der Waals surface area contributed by atoms with Crippen LogP contribution >= 0.6 is 0 Å². The van der Waals surface area contributed by atoms with Gasteiger partial charge in [-0.3, -0.25) is 0 Å². The van der Waals surface area contributed by atoms with Crippen molar-refractivity contribution < 1.29 is 9.52 Å². The molecule has 14 heavy (non-hydrogen) atoms. The van der Waals surface area contributed by atoms with Gasteiger partial charge >= 0.3 is 0 Å². The Kier molecular flexibility index (Phi) is 4.17. The Balaban J connectivity index is 2.58. The van der Waals surface area contributed by atoms with Crippen molar-refractivity contribution in [1.29, 1.82) is 0 Å². The molecule has 1 aromatic rings. The maximum absolute atomic E-state index is 9.05. The average molecular weight is 197 g/mol. The Bertz CT molecular complexity index is 266. The van der Waals surface area contributed by atoms with Crippen LogP contribution < -0.4 is 5.32 Å². The summed E-state index contributed by atoms with van der Waals surface area (Å²) in [4.78, 5) is 0. The molecule has 2 N–H and O–H groups in total. The van der Waals surface area contributed by atoms with Gasteiger partial charge in [-0.05, 0) is 31.9 Å². The van der Waals surface area contributed by atoms with Crippen LogP contribution in [0, 0.1) is 6.92 Å². The molecule has 3 nitrogen and oxygen atoms in total. The van der Waals surface area contributed by atoms with Gasteiger partial charge in [0, 0.05) is 6.04 Å². The maximum Gasteiger partial charge on any atom is 0.123 e. The fourth-order valence-corrected chi connectivity index (χ4v) is 1.56. The van der Waals surface area contributed by atoms with Gasteiger partial charge in [0.1, 0.15) is 5.76 Å². The van der Waals surface area contributed by atoms with Crippen LogP contribution in [0.2, 0.25) is 0 Å². The summed E-state index contributed by atoms with van der Waals surface area (Å²) >= 11 is 0. The minimum atomic E-state index is 0.148. The average Bonchev–Trinajstić information content (AvgIpc) is 2.60. The van der Waals surface area contributed by atoms with Crippen molar-refractivity contribution in [2.75, 3.05) is 6.61 Å². The number of aliphatic hydroxyl groups is 1. The Morgan fingerprint density at radius 1 is 1.57 bits per heavy atom. The van der Waals surface area contributed by atoms with Crippen LogP contribution in [-0.2, 0) is 0 Å². The lowest BCUT2D eigenvalue weighted by molar-refractivity contribution is 0.225. The third kappa shape index (κ3) is 2.59. The molecule has 1 rings (SSSR count). The van der Waals surface area contributed by atoms with E-state index in [0.29, 0.717) is 0 Å². The van der Waals surface area contributed by atoms with Crippen LogP contribution in [0.4, 0.5) is 0 Å². The second-order valence-electron chi connectivity index (χ2n) is 3.64. The zero-order chi connectivity index (χ0) is 10.6. The molecular weight excluding hydrogens is 178 g/mol. The first kappa shape index (κ1) is 11.3. The van der Waals surface area contributed by atoms with Gasteiger partial charge in [-0.25, -0.2) is 0 Å². The lowest BCUT2D eigenvalue weighted by atomic mass is 10.1. The lowest BCUT2D eigenvalue weighted by Crippen LogP contribution is -2.33. The van der Waals surface area contributed by atoms with Crippen molar-refractivity contribution in [2.45, 2.75) is 39.3 Å². The molecule has 0 aromatic carbocycles. The molecule has 0 radical (unpaired) electrons. The zero-order valence-corrected chi connectivity index (χ0v) is 9.08. The van der Waals surface area contributed by atoms with Crippen LogP contribution in [0.3, 0.4) is 0 Å². The van der Waals surface area contributed by atoms with E-state index in [1.54, 1.807) is 6.26 Å². The highest BCUT2D eigenvalue weighted by Crippen LogP contribution is 2.18. The number of furan rings is 1. The smallest absolute Gasteiger partial charge is 0.123 e. The number of hydrogen-bond acceptors (Lipinski definition) is 3. The van der Waals surface area contributed by atoms with Crippen molar-refractivity contribution in [3.8, 4) is 0 Å². The molecule has 1 aromatic heterocycles. The summed E-state index contributed by atoms with van der Waals surface area (Å²) < 4.78 is 5.37. The van der Waals surface area contributed by atoms with E-state index in [2.05, 4.69) is 12.2 Å². The molecule has 0 fully saturated rings. The van der Waals surface area contributed by atoms with Gasteiger partial charge in [0.05, 0.1) is 18.9 Å². The highest BCUT2D eigenvalue weighted by Gasteiger charge is 2.14. The number of rotatable bonds is 5. The molecule has 0 aliphatic heterocycles. The van der Waals surface area contributed by atoms with E-state index < -0.39 is 0 Å². The first-order valence-electron chi connectivity index (χ1n) is 5.10. The second kappa shape index (κ2) is 5.17. The first-order valence-corrected chi connectivity index (χ1v) is 5.10. The molecule has 0 spiro atoms. The Hall–Kier alpha value is -0.800. The summed E-state index contributed by atoms with van der Waals surface area (Å²) in [6, 6.07) is 2.25. The normalized spacial score (nSPS) is 15.4. The third-order valence-corrected chi connectivity index (χ3v) is 2.49. The fourth-order valence-electron chi connectivity index (χ4n) is 1.56. The molecule has 3 heteroatoms. The quantitative estimate of drug-likeness (QED) is 0.759.